The van der Waals surface area contributed by atoms with Gasteiger partial charge < -0.3 is 9.47 Å². The second-order valence-electron chi connectivity index (χ2n) is 11.2. The molecule has 0 N–H and O–H groups in total. The van der Waals surface area contributed by atoms with Crippen molar-refractivity contribution in [3.8, 4) is 0 Å². The molecule has 0 spiro atoms. The third-order valence-corrected chi connectivity index (χ3v) is 7.11. The second-order valence-corrected chi connectivity index (χ2v) is 11.2. The highest BCUT2D eigenvalue weighted by Gasteiger charge is 2.10. The van der Waals surface area contributed by atoms with E-state index in [1.807, 2.05) is 6.07 Å². The van der Waals surface area contributed by atoms with Gasteiger partial charge in [-0.25, -0.2) is 0 Å². The molecule has 0 aromatic heterocycles. The van der Waals surface area contributed by atoms with Gasteiger partial charge in [-0.3, -0.25) is 0 Å². The van der Waals surface area contributed by atoms with Gasteiger partial charge in [-0.1, -0.05) is 130 Å². The van der Waals surface area contributed by atoms with Crippen LogP contribution in [0.5, 0.6) is 0 Å². The van der Waals surface area contributed by atoms with E-state index >= 15 is 0 Å². The van der Waals surface area contributed by atoms with Crippen LogP contribution in [0.2, 0.25) is 0 Å². The van der Waals surface area contributed by atoms with E-state index in [0.29, 0.717) is 13.2 Å². The topological polar surface area (TPSA) is 18.5 Å². The van der Waals surface area contributed by atoms with Gasteiger partial charge in [0.2, 0.25) is 0 Å². The lowest BCUT2D eigenvalue weighted by Crippen LogP contribution is -2.19. The summed E-state index contributed by atoms with van der Waals surface area (Å²) < 4.78 is 12.0. The predicted molar refractivity (Wildman–Crippen MR) is 145 cm³/mol. The van der Waals surface area contributed by atoms with Gasteiger partial charge in [0.25, 0.3) is 0 Å². The lowest BCUT2D eigenvalue weighted by Gasteiger charge is -2.18. The zero-order valence-electron chi connectivity index (χ0n) is 23.0. The molecule has 1 rings (SSSR count). The first kappa shape index (κ1) is 30.2. The normalized spacial score (nSPS) is 15.5. The van der Waals surface area contributed by atoms with Crippen molar-refractivity contribution in [2.45, 2.75) is 125 Å². The summed E-state index contributed by atoms with van der Waals surface area (Å²) in [4.78, 5) is 0. The summed E-state index contributed by atoms with van der Waals surface area (Å²) in [6.07, 6.45) is 14.9. The Morgan fingerprint density at radius 2 is 1.18 bits per heavy atom. The van der Waals surface area contributed by atoms with Crippen molar-refractivity contribution < 1.29 is 9.47 Å². The van der Waals surface area contributed by atoms with Crippen molar-refractivity contribution in [1.82, 2.24) is 0 Å². The van der Waals surface area contributed by atoms with Crippen molar-refractivity contribution in [3.05, 3.63) is 35.9 Å². The number of hydrogen-bond acceptors (Lipinski definition) is 2. The molecular weight excluding hydrogens is 404 g/mol. The molecule has 0 amide bonds. The van der Waals surface area contributed by atoms with E-state index in [4.69, 9.17) is 9.47 Å². The van der Waals surface area contributed by atoms with Crippen molar-refractivity contribution in [2.24, 2.45) is 23.7 Å². The summed E-state index contributed by atoms with van der Waals surface area (Å²) in [6, 6.07) is 10.4. The van der Waals surface area contributed by atoms with Gasteiger partial charge in [0, 0.05) is 6.61 Å². The van der Waals surface area contributed by atoms with Crippen LogP contribution < -0.4 is 0 Å². The molecule has 0 aliphatic rings. The average Bonchev–Trinajstić information content (AvgIpc) is 2.79. The Morgan fingerprint density at radius 3 is 1.70 bits per heavy atom. The quantitative estimate of drug-likeness (QED) is 0.170. The molecule has 4 unspecified atom stereocenters. The lowest BCUT2D eigenvalue weighted by atomic mass is 9.91. The van der Waals surface area contributed by atoms with Crippen LogP contribution in [0.1, 0.15) is 118 Å². The summed E-state index contributed by atoms with van der Waals surface area (Å²) in [5.41, 5.74) is 1.23. The first-order chi connectivity index (χ1) is 15.9. The lowest BCUT2D eigenvalue weighted by molar-refractivity contribution is -0.0284. The maximum atomic E-state index is 6.03. The van der Waals surface area contributed by atoms with Gasteiger partial charge in [0.1, 0.15) is 0 Å². The standard InChI is InChI=1S/C31H56O2/c1-7-31(33-24-30-20-9-8-10-21-30)25-32-23-22-29(6)19-13-18-28(5)17-12-16-27(4)15-11-14-26(2)3/h8-10,20-21,26-29,31H,7,11-19,22-25H2,1-6H3. The Hall–Kier alpha value is -0.860. The maximum absolute atomic E-state index is 6.03. The zero-order chi connectivity index (χ0) is 24.3. The number of rotatable bonds is 21. The van der Waals surface area contributed by atoms with Crippen LogP contribution in [0.15, 0.2) is 30.3 Å². The minimum absolute atomic E-state index is 0.194. The summed E-state index contributed by atoms with van der Waals surface area (Å²) in [5.74, 6) is 3.40. The van der Waals surface area contributed by atoms with Gasteiger partial charge >= 0.3 is 0 Å². The predicted octanol–water partition coefficient (Wildman–Crippen LogP) is 9.46. The Kier molecular flexibility index (Phi) is 17.8. The molecule has 0 bridgehead atoms. The molecule has 4 atom stereocenters. The highest BCUT2D eigenvalue weighted by molar-refractivity contribution is 5.13. The Labute approximate surface area is 207 Å². The van der Waals surface area contributed by atoms with Crippen molar-refractivity contribution >= 4 is 0 Å². The van der Waals surface area contributed by atoms with E-state index in [0.717, 1.165) is 43.1 Å². The largest absolute Gasteiger partial charge is 0.379 e. The third kappa shape index (κ3) is 17.3. The highest BCUT2D eigenvalue weighted by Crippen LogP contribution is 2.22. The van der Waals surface area contributed by atoms with Crippen molar-refractivity contribution in [1.29, 1.82) is 0 Å². The molecule has 0 saturated carbocycles. The van der Waals surface area contributed by atoms with E-state index in [9.17, 15) is 0 Å². The van der Waals surface area contributed by atoms with Crippen molar-refractivity contribution in [3.63, 3.8) is 0 Å². The van der Waals surface area contributed by atoms with Crippen LogP contribution in [0.25, 0.3) is 0 Å². The summed E-state index contributed by atoms with van der Waals surface area (Å²) in [7, 11) is 0. The molecule has 1 aromatic carbocycles. The van der Waals surface area contributed by atoms with E-state index < -0.39 is 0 Å². The summed E-state index contributed by atoms with van der Waals surface area (Å²) >= 11 is 0. The molecule has 33 heavy (non-hydrogen) atoms. The number of benzene rings is 1. The first-order valence-electron chi connectivity index (χ1n) is 14.1. The molecule has 0 aliphatic carbocycles. The monoisotopic (exact) mass is 460 g/mol. The molecular formula is C31H56O2. The fourth-order valence-electron chi connectivity index (χ4n) is 4.51. The van der Waals surface area contributed by atoms with E-state index in [2.05, 4.69) is 65.8 Å². The molecule has 0 heterocycles. The van der Waals surface area contributed by atoms with E-state index in [1.54, 1.807) is 0 Å². The molecule has 2 heteroatoms. The van der Waals surface area contributed by atoms with E-state index in [-0.39, 0.29) is 6.10 Å². The molecule has 2 nitrogen and oxygen atoms in total. The van der Waals surface area contributed by atoms with Crippen LogP contribution in [0, 0.1) is 23.7 Å². The Morgan fingerprint density at radius 1 is 0.667 bits per heavy atom. The van der Waals surface area contributed by atoms with Crippen LogP contribution in [0.3, 0.4) is 0 Å². The van der Waals surface area contributed by atoms with Gasteiger partial charge in [-0.15, -0.1) is 0 Å². The molecule has 192 valence electrons. The zero-order valence-corrected chi connectivity index (χ0v) is 23.0. The second kappa shape index (κ2) is 19.4. The SMILES string of the molecule is CCC(COCCC(C)CCCC(C)CCCC(C)CCCC(C)C)OCc1ccccc1. The van der Waals surface area contributed by atoms with Crippen LogP contribution >= 0.6 is 0 Å². The summed E-state index contributed by atoms with van der Waals surface area (Å²) in [6.45, 7) is 16.4. The van der Waals surface area contributed by atoms with E-state index in [1.165, 1.54) is 63.4 Å². The average molecular weight is 461 g/mol. The van der Waals surface area contributed by atoms with Crippen LogP contribution in [0.4, 0.5) is 0 Å². The summed E-state index contributed by atoms with van der Waals surface area (Å²) in [5, 5.41) is 0. The van der Waals surface area contributed by atoms with Gasteiger partial charge in [0.05, 0.1) is 19.3 Å². The number of hydrogen-bond donors (Lipinski definition) is 0. The smallest absolute Gasteiger partial charge is 0.0810 e. The third-order valence-electron chi connectivity index (χ3n) is 7.11. The highest BCUT2D eigenvalue weighted by atomic mass is 16.5. The fraction of sp³-hybridized carbons (Fsp3) is 0.806. The van der Waals surface area contributed by atoms with Crippen LogP contribution in [-0.4, -0.2) is 19.3 Å². The van der Waals surface area contributed by atoms with Gasteiger partial charge in [-0.05, 0) is 42.1 Å². The molecule has 0 radical (unpaired) electrons. The minimum Gasteiger partial charge on any atom is -0.379 e. The minimum atomic E-state index is 0.194. The Balaban J connectivity index is 2.00. The molecule has 0 saturated heterocycles. The molecule has 1 aromatic rings. The Bertz CT molecular complexity index is 541. The van der Waals surface area contributed by atoms with Gasteiger partial charge in [0.15, 0.2) is 0 Å². The molecule has 0 aliphatic heterocycles. The first-order valence-corrected chi connectivity index (χ1v) is 14.1. The molecule has 0 fully saturated rings. The maximum Gasteiger partial charge on any atom is 0.0810 e. The van der Waals surface area contributed by atoms with Gasteiger partial charge in [-0.2, -0.15) is 0 Å². The number of ether oxygens (including phenoxy) is 2. The van der Waals surface area contributed by atoms with Crippen molar-refractivity contribution in [2.75, 3.05) is 13.2 Å². The van der Waals surface area contributed by atoms with Crippen LogP contribution in [-0.2, 0) is 16.1 Å². The fourth-order valence-corrected chi connectivity index (χ4v) is 4.51.